The molecule has 0 amide bonds. The van der Waals surface area contributed by atoms with Gasteiger partial charge in [0.1, 0.15) is 22.8 Å². The summed E-state index contributed by atoms with van der Waals surface area (Å²) in [6.07, 6.45) is 0.0856. The highest BCUT2D eigenvalue weighted by molar-refractivity contribution is 6.02. The van der Waals surface area contributed by atoms with Gasteiger partial charge in [-0.1, -0.05) is 19.1 Å². The number of nitriles is 1. The Kier molecular flexibility index (Phi) is 4.65. The maximum atomic E-state index is 12.4. The molecule has 1 aromatic carbocycles. The summed E-state index contributed by atoms with van der Waals surface area (Å²) in [4.78, 5) is 26.2. The molecule has 1 atom stereocenters. The fourth-order valence-electron chi connectivity index (χ4n) is 4.17. The summed E-state index contributed by atoms with van der Waals surface area (Å²) in [5.41, 5.74) is -0.824. The number of rotatable bonds is 5. The minimum Gasteiger partial charge on any atom is -0.478 e. The van der Waals surface area contributed by atoms with E-state index in [1.165, 1.54) is 4.90 Å². The molecule has 0 saturated heterocycles. The summed E-state index contributed by atoms with van der Waals surface area (Å²) in [6.45, 7) is 5.23. The number of carboxylic acid groups (broad SMARTS) is 2. The van der Waals surface area contributed by atoms with E-state index in [9.17, 15) is 25.1 Å². The maximum Gasteiger partial charge on any atom is 0.335 e. The van der Waals surface area contributed by atoms with E-state index in [-0.39, 0.29) is 35.3 Å². The van der Waals surface area contributed by atoms with Crippen molar-refractivity contribution in [1.29, 1.82) is 5.26 Å². The number of hydrogen-bond donors (Lipinski definition) is 2. The number of allylic oxidation sites excluding steroid dienone is 2. The highest BCUT2D eigenvalue weighted by Gasteiger charge is 2.52. The van der Waals surface area contributed by atoms with Crippen LogP contribution in [0.3, 0.4) is 0 Å². The standard InChI is InChI=1S/C19H18N4O5/c1-4-19(11-7-6-8-12-16(11)22-28-21-12)14(17(24)25)10(3)23(5-2)13(9-20)15(19)18(26)27/h6-8H,4-5H2,1-3H3,(H,24,25)(H,26,27). The lowest BCUT2D eigenvalue weighted by Gasteiger charge is -2.43. The fraction of sp³-hybridized carbons (Fsp3) is 0.316. The number of hydrogen-bond acceptors (Lipinski definition) is 7. The maximum absolute atomic E-state index is 12.4. The van der Waals surface area contributed by atoms with Gasteiger partial charge >= 0.3 is 11.9 Å². The molecular formula is C19H18N4O5. The molecule has 144 valence electrons. The minimum atomic E-state index is -1.60. The molecule has 0 aliphatic carbocycles. The lowest BCUT2D eigenvalue weighted by molar-refractivity contribution is -0.134. The van der Waals surface area contributed by atoms with Crippen molar-refractivity contribution in [2.45, 2.75) is 32.6 Å². The lowest BCUT2D eigenvalue weighted by atomic mass is 9.63. The summed E-state index contributed by atoms with van der Waals surface area (Å²) in [6, 6.07) is 6.83. The molecule has 9 heteroatoms. The zero-order chi connectivity index (χ0) is 20.6. The summed E-state index contributed by atoms with van der Waals surface area (Å²) in [5, 5.41) is 37.6. The average Bonchev–Trinajstić information content (AvgIpc) is 3.14. The zero-order valence-electron chi connectivity index (χ0n) is 15.6. The van der Waals surface area contributed by atoms with Crippen LogP contribution in [0.5, 0.6) is 0 Å². The van der Waals surface area contributed by atoms with Crippen molar-refractivity contribution in [2.75, 3.05) is 6.54 Å². The molecule has 0 spiro atoms. The quantitative estimate of drug-likeness (QED) is 0.797. The van der Waals surface area contributed by atoms with E-state index < -0.39 is 17.4 Å². The van der Waals surface area contributed by atoms with Crippen molar-refractivity contribution in [3.05, 3.63) is 46.3 Å². The largest absolute Gasteiger partial charge is 0.478 e. The molecule has 0 bridgehead atoms. The normalized spacial score (nSPS) is 19.9. The topological polar surface area (TPSA) is 141 Å². The number of aliphatic carboxylic acids is 2. The first-order chi connectivity index (χ1) is 13.3. The van der Waals surface area contributed by atoms with Gasteiger partial charge in [0.2, 0.25) is 0 Å². The number of carbonyl (C=O) groups is 2. The van der Waals surface area contributed by atoms with Gasteiger partial charge < -0.3 is 15.1 Å². The predicted molar refractivity (Wildman–Crippen MR) is 96.8 cm³/mol. The molecule has 0 fully saturated rings. The summed E-state index contributed by atoms with van der Waals surface area (Å²) >= 11 is 0. The number of carboxylic acids is 2. The molecule has 0 saturated carbocycles. The van der Waals surface area contributed by atoms with E-state index in [2.05, 4.69) is 10.3 Å². The van der Waals surface area contributed by atoms with Gasteiger partial charge in [-0.05, 0) is 42.2 Å². The van der Waals surface area contributed by atoms with E-state index in [0.29, 0.717) is 16.8 Å². The van der Waals surface area contributed by atoms with Crippen LogP contribution in [-0.2, 0) is 15.0 Å². The smallest absolute Gasteiger partial charge is 0.335 e. The summed E-state index contributed by atoms with van der Waals surface area (Å²) in [5.74, 6) is -2.63. The SMILES string of the molecule is CCN1C(C)=C(C(=O)O)C(CC)(c2cccc3nonc23)C(C(=O)O)=C1C#N. The molecular weight excluding hydrogens is 364 g/mol. The van der Waals surface area contributed by atoms with Crippen LogP contribution in [-0.4, -0.2) is 43.9 Å². The molecule has 1 aromatic heterocycles. The van der Waals surface area contributed by atoms with Crippen LogP contribution in [0.15, 0.2) is 45.4 Å². The second-order valence-electron chi connectivity index (χ2n) is 6.35. The Morgan fingerprint density at radius 1 is 1.21 bits per heavy atom. The van der Waals surface area contributed by atoms with Crippen LogP contribution >= 0.6 is 0 Å². The number of benzene rings is 1. The van der Waals surface area contributed by atoms with Crippen molar-refractivity contribution < 1.29 is 24.4 Å². The third-order valence-electron chi connectivity index (χ3n) is 5.25. The Morgan fingerprint density at radius 2 is 1.89 bits per heavy atom. The van der Waals surface area contributed by atoms with Gasteiger partial charge in [0, 0.05) is 12.2 Å². The number of fused-ring (bicyclic) bond motifs is 1. The van der Waals surface area contributed by atoms with Crippen molar-refractivity contribution in [2.24, 2.45) is 0 Å². The molecule has 9 nitrogen and oxygen atoms in total. The van der Waals surface area contributed by atoms with Crippen LogP contribution in [0.4, 0.5) is 0 Å². The highest BCUT2D eigenvalue weighted by Crippen LogP contribution is 2.50. The van der Waals surface area contributed by atoms with E-state index in [1.807, 2.05) is 6.07 Å². The number of aromatic nitrogens is 2. The molecule has 28 heavy (non-hydrogen) atoms. The number of nitrogens with zero attached hydrogens (tertiary/aromatic N) is 4. The third-order valence-corrected chi connectivity index (χ3v) is 5.25. The van der Waals surface area contributed by atoms with Crippen molar-refractivity contribution >= 4 is 23.0 Å². The van der Waals surface area contributed by atoms with Gasteiger partial charge in [-0.25, -0.2) is 14.2 Å². The van der Waals surface area contributed by atoms with Crippen LogP contribution in [0.2, 0.25) is 0 Å². The van der Waals surface area contributed by atoms with Crippen molar-refractivity contribution in [3.8, 4) is 6.07 Å². The van der Waals surface area contributed by atoms with Crippen LogP contribution in [0, 0.1) is 11.3 Å². The Balaban J connectivity index is 2.57. The Labute approximate surface area is 160 Å². The van der Waals surface area contributed by atoms with Gasteiger partial charge in [-0.3, -0.25) is 0 Å². The molecule has 3 rings (SSSR count). The molecule has 1 aliphatic heterocycles. The first-order valence-electron chi connectivity index (χ1n) is 8.67. The third kappa shape index (κ3) is 2.38. The Bertz CT molecular complexity index is 1090. The fourth-order valence-corrected chi connectivity index (χ4v) is 4.17. The summed E-state index contributed by atoms with van der Waals surface area (Å²) < 4.78 is 4.80. The molecule has 2 heterocycles. The molecule has 0 radical (unpaired) electrons. The van der Waals surface area contributed by atoms with Gasteiger partial charge in [0.15, 0.2) is 0 Å². The molecule has 2 aromatic rings. The van der Waals surface area contributed by atoms with Crippen molar-refractivity contribution in [3.63, 3.8) is 0 Å². The molecule has 2 N–H and O–H groups in total. The summed E-state index contributed by atoms with van der Waals surface area (Å²) in [7, 11) is 0. The molecule has 1 aliphatic rings. The lowest BCUT2D eigenvalue weighted by Crippen LogP contribution is -2.46. The second-order valence-corrected chi connectivity index (χ2v) is 6.35. The average molecular weight is 382 g/mol. The molecule has 1 unspecified atom stereocenters. The van der Waals surface area contributed by atoms with E-state index >= 15 is 0 Å². The van der Waals surface area contributed by atoms with E-state index in [4.69, 9.17) is 4.63 Å². The predicted octanol–water partition coefficient (Wildman–Crippen LogP) is 2.43. The van der Waals surface area contributed by atoms with Crippen LogP contribution in [0.25, 0.3) is 11.0 Å². The zero-order valence-corrected chi connectivity index (χ0v) is 15.6. The van der Waals surface area contributed by atoms with Gasteiger partial charge in [-0.15, -0.1) is 0 Å². The Hall–Kier alpha value is -3.67. The highest BCUT2D eigenvalue weighted by atomic mass is 16.6. The second kappa shape index (κ2) is 6.81. The monoisotopic (exact) mass is 382 g/mol. The van der Waals surface area contributed by atoms with Crippen LogP contribution < -0.4 is 0 Å². The van der Waals surface area contributed by atoms with Gasteiger partial charge in [0.05, 0.1) is 16.6 Å². The van der Waals surface area contributed by atoms with E-state index in [0.717, 1.165) is 0 Å². The van der Waals surface area contributed by atoms with E-state index in [1.54, 1.807) is 39.0 Å². The minimum absolute atomic E-state index is 0.0856. The van der Waals surface area contributed by atoms with Gasteiger partial charge in [-0.2, -0.15) is 5.26 Å². The Morgan fingerprint density at radius 3 is 2.43 bits per heavy atom. The van der Waals surface area contributed by atoms with Crippen LogP contribution in [0.1, 0.15) is 32.8 Å². The first-order valence-corrected chi connectivity index (χ1v) is 8.67. The van der Waals surface area contributed by atoms with Gasteiger partial charge in [0.25, 0.3) is 0 Å². The van der Waals surface area contributed by atoms with Crippen molar-refractivity contribution in [1.82, 2.24) is 15.2 Å². The first kappa shape index (κ1) is 19.1.